The fourth-order valence-corrected chi connectivity index (χ4v) is 0.681. The highest BCUT2D eigenvalue weighted by Gasteiger charge is 1.95. The molecule has 66 valence electrons. The molecule has 12 heavy (non-hydrogen) atoms. The zero-order valence-electron chi connectivity index (χ0n) is 6.95. The summed E-state index contributed by atoms with van der Waals surface area (Å²) in [6.07, 6.45) is 0.957. The molecule has 5 heteroatoms. The highest BCUT2D eigenvalue weighted by atomic mass is 16.5. The summed E-state index contributed by atoms with van der Waals surface area (Å²) < 4.78 is 5.21. The molecule has 3 N–H and O–H groups in total. The lowest BCUT2D eigenvalue weighted by Crippen LogP contribution is -2.09. The van der Waals surface area contributed by atoms with Gasteiger partial charge in [0.2, 0.25) is 5.88 Å². The zero-order valence-corrected chi connectivity index (χ0v) is 6.95. The number of ether oxygens (including phenoxy) is 1. The minimum absolute atomic E-state index is 0.524. The van der Waals surface area contributed by atoms with Crippen LogP contribution in [-0.4, -0.2) is 16.8 Å². The topological polar surface area (TPSA) is 73.1 Å². The first-order valence-electron chi connectivity index (χ1n) is 3.80. The molecule has 1 rings (SSSR count). The van der Waals surface area contributed by atoms with E-state index < -0.39 is 0 Å². The van der Waals surface area contributed by atoms with E-state index >= 15 is 0 Å². The van der Waals surface area contributed by atoms with E-state index in [1.807, 2.05) is 6.92 Å². The minimum atomic E-state index is 0.524. The summed E-state index contributed by atoms with van der Waals surface area (Å²) in [6.45, 7) is 2.69. The van der Waals surface area contributed by atoms with Crippen LogP contribution in [0.2, 0.25) is 0 Å². The van der Waals surface area contributed by atoms with E-state index in [4.69, 9.17) is 10.6 Å². The Hall–Kier alpha value is -1.36. The van der Waals surface area contributed by atoms with Crippen molar-refractivity contribution in [3.8, 4) is 5.88 Å². The average Bonchev–Trinajstić information content (AvgIpc) is 2.15. The summed E-state index contributed by atoms with van der Waals surface area (Å²) in [7, 11) is 0. The van der Waals surface area contributed by atoms with Crippen LogP contribution in [0.15, 0.2) is 12.1 Å². The molecule has 0 aromatic carbocycles. The van der Waals surface area contributed by atoms with Crippen molar-refractivity contribution < 1.29 is 4.74 Å². The number of aromatic nitrogens is 2. The standard InChI is InChI=1S/C7H12N4O/c1-2-5-12-7-4-3-6(9-8)10-11-7/h3-4H,2,5,8H2,1H3,(H,9,10). The molecule has 0 fully saturated rings. The van der Waals surface area contributed by atoms with Gasteiger partial charge in [-0.3, -0.25) is 0 Å². The third kappa shape index (κ3) is 2.35. The largest absolute Gasteiger partial charge is 0.477 e. The van der Waals surface area contributed by atoms with E-state index in [9.17, 15) is 0 Å². The molecule has 0 unspecified atom stereocenters. The number of nitrogens with zero attached hydrogens (tertiary/aromatic N) is 2. The second-order valence-corrected chi connectivity index (χ2v) is 2.25. The molecule has 0 aliphatic heterocycles. The van der Waals surface area contributed by atoms with Crippen molar-refractivity contribution >= 4 is 5.82 Å². The molecule has 0 saturated carbocycles. The molecule has 1 heterocycles. The summed E-state index contributed by atoms with van der Waals surface area (Å²) in [4.78, 5) is 0. The summed E-state index contributed by atoms with van der Waals surface area (Å²) >= 11 is 0. The second kappa shape index (κ2) is 4.50. The maximum absolute atomic E-state index is 5.21. The van der Waals surface area contributed by atoms with Gasteiger partial charge in [-0.05, 0) is 12.5 Å². The van der Waals surface area contributed by atoms with E-state index in [2.05, 4.69) is 15.6 Å². The van der Waals surface area contributed by atoms with Crippen LogP contribution in [0, 0.1) is 0 Å². The molecule has 0 bridgehead atoms. The Morgan fingerprint density at radius 1 is 1.50 bits per heavy atom. The summed E-state index contributed by atoms with van der Waals surface area (Å²) in [5.41, 5.74) is 2.38. The van der Waals surface area contributed by atoms with Crippen LogP contribution in [-0.2, 0) is 0 Å². The highest BCUT2D eigenvalue weighted by molar-refractivity contribution is 5.32. The lowest BCUT2D eigenvalue weighted by atomic mass is 10.5. The molecule has 0 aliphatic carbocycles. The number of nitrogens with two attached hydrogens (primary N) is 1. The van der Waals surface area contributed by atoms with Gasteiger partial charge in [0.05, 0.1) is 6.61 Å². The maximum atomic E-state index is 5.21. The molecule has 0 spiro atoms. The molecular formula is C7H12N4O. The number of anilines is 1. The van der Waals surface area contributed by atoms with Crippen molar-refractivity contribution in [2.45, 2.75) is 13.3 Å². The fraction of sp³-hybridized carbons (Fsp3) is 0.429. The predicted molar refractivity (Wildman–Crippen MR) is 45.6 cm³/mol. The van der Waals surface area contributed by atoms with Crippen LogP contribution in [0.25, 0.3) is 0 Å². The predicted octanol–water partition coefficient (Wildman–Crippen LogP) is 0.551. The Bertz CT molecular complexity index is 223. The Labute approximate surface area is 70.9 Å². The van der Waals surface area contributed by atoms with Crippen LogP contribution in [0.4, 0.5) is 5.82 Å². The lowest BCUT2D eigenvalue weighted by molar-refractivity contribution is 0.302. The van der Waals surface area contributed by atoms with E-state index in [0.29, 0.717) is 18.3 Å². The third-order valence-electron chi connectivity index (χ3n) is 1.24. The number of hydrogen-bond donors (Lipinski definition) is 2. The molecule has 0 amide bonds. The van der Waals surface area contributed by atoms with Crippen molar-refractivity contribution in [3.05, 3.63) is 12.1 Å². The van der Waals surface area contributed by atoms with Crippen LogP contribution >= 0.6 is 0 Å². The quantitative estimate of drug-likeness (QED) is 0.507. The van der Waals surface area contributed by atoms with Gasteiger partial charge in [0.25, 0.3) is 0 Å². The van der Waals surface area contributed by atoms with Gasteiger partial charge in [-0.2, -0.15) is 0 Å². The molecule has 1 aromatic heterocycles. The Morgan fingerprint density at radius 2 is 2.33 bits per heavy atom. The van der Waals surface area contributed by atoms with Gasteiger partial charge in [-0.25, -0.2) is 5.84 Å². The van der Waals surface area contributed by atoms with Crippen molar-refractivity contribution in [1.29, 1.82) is 0 Å². The average molecular weight is 168 g/mol. The first-order chi connectivity index (χ1) is 5.86. The fourth-order valence-electron chi connectivity index (χ4n) is 0.681. The van der Waals surface area contributed by atoms with Gasteiger partial charge in [0.1, 0.15) is 0 Å². The smallest absolute Gasteiger partial charge is 0.233 e. The molecule has 0 aliphatic rings. The van der Waals surface area contributed by atoms with Gasteiger partial charge >= 0.3 is 0 Å². The number of hydrazine groups is 1. The number of nitrogen functional groups attached to an aromatic ring is 1. The minimum Gasteiger partial charge on any atom is -0.477 e. The summed E-state index contributed by atoms with van der Waals surface area (Å²) in [5.74, 6) is 6.16. The number of hydrogen-bond acceptors (Lipinski definition) is 5. The third-order valence-corrected chi connectivity index (χ3v) is 1.24. The van der Waals surface area contributed by atoms with Crippen molar-refractivity contribution in [2.24, 2.45) is 5.84 Å². The van der Waals surface area contributed by atoms with Crippen LogP contribution < -0.4 is 16.0 Å². The molecule has 0 atom stereocenters. The van der Waals surface area contributed by atoms with Gasteiger partial charge in [0.15, 0.2) is 5.82 Å². The Balaban J connectivity index is 2.53. The van der Waals surface area contributed by atoms with E-state index in [0.717, 1.165) is 6.42 Å². The lowest BCUT2D eigenvalue weighted by Gasteiger charge is -2.02. The van der Waals surface area contributed by atoms with E-state index in [-0.39, 0.29) is 0 Å². The van der Waals surface area contributed by atoms with Gasteiger partial charge in [0, 0.05) is 6.07 Å². The SMILES string of the molecule is CCCOc1ccc(NN)nn1. The van der Waals surface area contributed by atoms with Crippen LogP contribution in [0.1, 0.15) is 13.3 Å². The van der Waals surface area contributed by atoms with E-state index in [1.165, 1.54) is 0 Å². The molecule has 0 saturated heterocycles. The number of nitrogens with one attached hydrogen (secondary N) is 1. The highest BCUT2D eigenvalue weighted by Crippen LogP contribution is 2.06. The van der Waals surface area contributed by atoms with Crippen molar-refractivity contribution in [2.75, 3.05) is 12.0 Å². The van der Waals surface area contributed by atoms with Gasteiger partial charge in [-0.1, -0.05) is 6.92 Å². The Kier molecular flexibility index (Phi) is 3.28. The normalized spacial score (nSPS) is 9.50. The monoisotopic (exact) mass is 168 g/mol. The number of rotatable bonds is 4. The maximum Gasteiger partial charge on any atom is 0.233 e. The van der Waals surface area contributed by atoms with Crippen LogP contribution in [0.3, 0.4) is 0 Å². The van der Waals surface area contributed by atoms with Gasteiger partial charge in [-0.15, -0.1) is 10.2 Å². The summed E-state index contributed by atoms with van der Waals surface area (Å²) in [6, 6.07) is 3.43. The van der Waals surface area contributed by atoms with Crippen LogP contribution in [0.5, 0.6) is 5.88 Å². The van der Waals surface area contributed by atoms with Crippen molar-refractivity contribution in [1.82, 2.24) is 10.2 Å². The Morgan fingerprint density at radius 3 is 2.83 bits per heavy atom. The first-order valence-corrected chi connectivity index (χ1v) is 3.80. The first kappa shape index (κ1) is 8.73. The molecular weight excluding hydrogens is 156 g/mol. The zero-order chi connectivity index (χ0) is 8.81. The molecule has 5 nitrogen and oxygen atoms in total. The summed E-state index contributed by atoms with van der Waals surface area (Å²) in [5, 5.41) is 7.51. The van der Waals surface area contributed by atoms with Gasteiger partial charge < -0.3 is 10.2 Å². The molecule has 0 radical (unpaired) electrons. The van der Waals surface area contributed by atoms with E-state index in [1.54, 1.807) is 12.1 Å². The van der Waals surface area contributed by atoms with Crippen molar-refractivity contribution in [3.63, 3.8) is 0 Å². The molecule has 1 aromatic rings. The second-order valence-electron chi connectivity index (χ2n) is 2.25.